The van der Waals surface area contributed by atoms with Crippen LogP contribution in [-0.4, -0.2) is 71.8 Å². The molecule has 1 heterocycles. The molecule has 0 aliphatic carbocycles. The van der Waals surface area contributed by atoms with E-state index in [9.17, 15) is 14.4 Å². The summed E-state index contributed by atoms with van der Waals surface area (Å²) in [7, 11) is 0. The van der Waals surface area contributed by atoms with Gasteiger partial charge in [0.2, 0.25) is 11.8 Å². The molecule has 3 amide bonds. The number of nitrogens with one attached hydrogen (secondary N) is 2. The van der Waals surface area contributed by atoms with Crippen molar-refractivity contribution >= 4 is 40.1 Å². The molecule has 4 rings (SSSR count). The van der Waals surface area contributed by atoms with Gasteiger partial charge in [-0.2, -0.15) is 0 Å². The van der Waals surface area contributed by atoms with Crippen molar-refractivity contribution in [2.45, 2.75) is 71.0 Å². The number of rotatable bonds is 11. The third kappa shape index (κ3) is 8.11. The summed E-state index contributed by atoms with van der Waals surface area (Å²) in [4.78, 5) is 43.0. The molecule has 0 radical (unpaired) electrons. The van der Waals surface area contributed by atoms with Crippen molar-refractivity contribution in [3.05, 3.63) is 82.9 Å². The topological polar surface area (TPSA) is 81.8 Å². The van der Waals surface area contributed by atoms with Crippen LogP contribution in [0.3, 0.4) is 0 Å². The Labute approximate surface area is 254 Å². The molecule has 42 heavy (non-hydrogen) atoms. The molecule has 7 nitrogen and oxygen atoms in total. The molecule has 1 aliphatic rings. The number of hydrogen-bond donors (Lipinski definition) is 2. The second-order valence-corrected chi connectivity index (χ2v) is 12.0. The summed E-state index contributed by atoms with van der Waals surface area (Å²) in [6.45, 7) is 9.82. The maximum atomic E-state index is 13.9. The van der Waals surface area contributed by atoms with E-state index in [2.05, 4.69) is 29.7 Å². The van der Waals surface area contributed by atoms with Gasteiger partial charge in [-0.15, -0.1) is 0 Å². The highest BCUT2D eigenvalue weighted by molar-refractivity contribution is 6.31. The van der Waals surface area contributed by atoms with Gasteiger partial charge in [-0.1, -0.05) is 61.0 Å². The zero-order chi connectivity index (χ0) is 30.2. The van der Waals surface area contributed by atoms with Gasteiger partial charge in [-0.25, -0.2) is 0 Å². The van der Waals surface area contributed by atoms with Crippen LogP contribution in [0.4, 0.5) is 0 Å². The average molecular weight is 591 g/mol. The quantitative estimate of drug-likeness (QED) is 0.304. The van der Waals surface area contributed by atoms with E-state index in [4.69, 9.17) is 11.6 Å². The molecule has 1 saturated heterocycles. The van der Waals surface area contributed by atoms with Gasteiger partial charge in [-0.3, -0.25) is 14.4 Å². The van der Waals surface area contributed by atoms with Crippen molar-refractivity contribution < 1.29 is 14.4 Å². The van der Waals surface area contributed by atoms with E-state index in [1.54, 1.807) is 17.9 Å². The Balaban J connectivity index is 1.47. The first-order valence-electron chi connectivity index (χ1n) is 15.0. The number of fused-ring (bicyclic) bond motifs is 1. The van der Waals surface area contributed by atoms with E-state index >= 15 is 0 Å². The molecule has 1 unspecified atom stereocenters. The Morgan fingerprint density at radius 3 is 2.48 bits per heavy atom. The molecular formula is C34H43ClN4O3. The van der Waals surface area contributed by atoms with Gasteiger partial charge in [0.25, 0.3) is 5.91 Å². The summed E-state index contributed by atoms with van der Waals surface area (Å²) in [6.07, 6.45) is 2.15. The Kier molecular flexibility index (Phi) is 11.0. The zero-order valence-electron chi connectivity index (χ0n) is 25.1. The molecular weight excluding hydrogens is 548 g/mol. The summed E-state index contributed by atoms with van der Waals surface area (Å²) in [6, 6.07) is 21.0. The number of amides is 3. The largest absolute Gasteiger partial charge is 0.350 e. The predicted molar refractivity (Wildman–Crippen MR) is 170 cm³/mol. The molecule has 3 aromatic carbocycles. The first kappa shape index (κ1) is 31.5. The van der Waals surface area contributed by atoms with Crippen molar-refractivity contribution in [3.63, 3.8) is 0 Å². The Hall–Kier alpha value is -3.42. The predicted octanol–water partition coefficient (Wildman–Crippen LogP) is 5.62. The molecule has 3 aromatic rings. The summed E-state index contributed by atoms with van der Waals surface area (Å²) >= 11 is 6.11. The summed E-state index contributed by atoms with van der Waals surface area (Å²) in [5.74, 6) is 0.132. The van der Waals surface area contributed by atoms with Crippen LogP contribution in [0.25, 0.3) is 10.8 Å². The van der Waals surface area contributed by atoms with Gasteiger partial charge in [0.05, 0.1) is 6.04 Å². The molecule has 0 saturated carbocycles. The highest BCUT2D eigenvalue weighted by Gasteiger charge is 2.33. The van der Waals surface area contributed by atoms with Crippen LogP contribution in [-0.2, 0) is 9.59 Å². The van der Waals surface area contributed by atoms with Crippen LogP contribution >= 0.6 is 11.6 Å². The molecule has 0 bridgehead atoms. The zero-order valence-corrected chi connectivity index (χ0v) is 25.9. The van der Waals surface area contributed by atoms with E-state index in [0.29, 0.717) is 49.6 Å². The minimum Gasteiger partial charge on any atom is -0.350 e. The number of carbonyl (C=O) groups is 3. The van der Waals surface area contributed by atoms with Gasteiger partial charge in [-0.05, 0) is 73.7 Å². The fourth-order valence-electron chi connectivity index (χ4n) is 5.82. The van der Waals surface area contributed by atoms with Crippen molar-refractivity contribution in [2.75, 3.05) is 26.2 Å². The van der Waals surface area contributed by atoms with E-state index in [-0.39, 0.29) is 35.7 Å². The van der Waals surface area contributed by atoms with Gasteiger partial charge < -0.3 is 20.4 Å². The fraction of sp³-hybridized carbons (Fsp3) is 0.441. The van der Waals surface area contributed by atoms with Crippen LogP contribution in [0.15, 0.2) is 66.7 Å². The molecule has 0 aromatic heterocycles. The van der Waals surface area contributed by atoms with Crippen LogP contribution in [0, 0.1) is 0 Å². The van der Waals surface area contributed by atoms with E-state index in [1.165, 1.54) is 5.56 Å². The molecule has 2 N–H and O–H groups in total. The van der Waals surface area contributed by atoms with Crippen molar-refractivity contribution in [1.29, 1.82) is 0 Å². The van der Waals surface area contributed by atoms with Crippen molar-refractivity contribution in [2.24, 2.45) is 0 Å². The molecule has 1 fully saturated rings. The maximum Gasteiger partial charge on any atom is 0.251 e. The number of nitrogens with zero attached hydrogens (tertiary/aromatic N) is 2. The van der Waals surface area contributed by atoms with E-state index in [1.807, 2.05) is 67.3 Å². The van der Waals surface area contributed by atoms with E-state index < -0.39 is 6.04 Å². The molecule has 0 spiro atoms. The minimum atomic E-state index is -0.450. The highest BCUT2D eigenvalue weighted by atomic mass is 35.5. The summed E-state index contributed by atoms with van der Waals surface area (Å²) in [5, 5.41) is 9.21. The first-order valence-corrected chi connectivity index (χ1v) is 15.4. The lowest BCUT2D eigenvalue weighted by molar-refractivity contribution is -0.135. The molecule has 3 atom stereocenters. The van der Waals surface area contributed by atoms with Crippen LogP contribution in [0.1, 0.15) is 68.8 Å². The maximum absolute atomic E-state index is 13.9. The Bertz CT molecular complexity index is 1380. The van der Waals surface area contributed by atoms with Crippen LogP contribution in [0.5, 0.6) is 0 Å². The number of hydrogen-bond acceptors (Lipinski definition) is 4. The number of carbonyl (C=O) groups excluding carboxylic acids is 3. The Morgan fingerprint density at radius 1 is 1.07 bits per heavy atom. The Morgan fingerprint density at radius 2 is 1.79 bits per heavy atom. The molecule has 1 aliphatic heterocycles. The molecule has 8 heteroatoms. The second kappa shape index (κ2) is 14.7. The lowest BCUT2D eigenvalue weighted by atomic mass is 9.95. The van der Waals surface area contributed by atoms with Gasteiger partial charge in [0, 0.05) is 61.7 Å². The van der Waals surface area contributed by atoms with Crippen LogP contribution in [0.2, 0.25) is 5.02 Å². The number of halogens is 1. The van der Waals surface area contributed by atoms with Gasteiger partial charge in [0.1, 0.15) is 0 Å². The number of benzene rings is 3. The lowest BCUT2D eigenvalue weighted by Crippen LogP contribution is -2.51. The second-order valence-electron chi connectivity index (χ2n) is 11.5. The normalized spacial score (nSPS) is 18.1. The standard InChI is InChI=1S/C34H43ClN4O3/c1-5-25(26-9-7-6-8-10-26)22-38-17-15-31(37-32(34(38)42)16-18-39(23(2)3)24(4)40)21-36-33(41)29-12-11-28-20-30(35)14-13-27(28)19-29/h6-14,19-20,23,25,31-32,37H,5,15-18,21-22H2,1-4H3,(H,36,41)/t25?,31-,32-/m0/s1. The summed E-state index contributed by atoms with van der Waals surface area (Å²) in [5.41, 5.74) is 1.81. The van der Waals surface area contributed by atoms with Crippen LogP contribution < -0.4 is 10.6 Å². The van der Waals surface area contributed by atoms with Gasteiger partial charge >= 0.3 is 0 Å². The third-order valence-electron chi connectivity index (χ3n) is 8.26. The monoisotopic (exact) mass is 590 g/mol. The average Bonchev–Trinajstić information content (AvgIpc) is 3.12. The third-order valence-corrected chi connectivity index (χ3v) is 8.49. The minimum absolute atomic E-state index is 0.000443. The highest BCUT2D eigenvalue weighted by Crippen LogP contribution is 2.23. The smallest absolute Gasteiger partial charge is 0.251 e. The van der Waals surface area contributed by atoms with E-state index in [0.717, 1.165) is 17.2 Å². The van der Waals surface area contributed by atoms with Gasteiger partial charge in [0.15, 0.2) is 0 Å². The first-order chi connectivity index (χ1) is 20.2. The molecule has 224 valence electrons. The lowest BCUT2D eigenvalue weighted by Gasteiger charge is -2.31. The SMILES string of the molecule is CCC(CN1CC[C@@H](CNC(=O)c2ccc3cc(Cl)ccc3c2)N[C@@H](CCN(C(C)=O)C(C)C)C1=O)c1ccccc1. The summed E-state index contributed by atoms with van der Waals surface area (Å²) < 4.78 is 0. The van der Waals surface area contributed by atoms with Crippen molar-refractivity contribution in [1.82, 2.24) is 20.4 Å². The fourth-order valence-corrected chi connectivity index (χ4v) is 6.00. The van der Waals surface area contributed by atoms with Crippen molar-refractivity contribution in [3.8, 4) is 0 Å².